The third-order valence-corrected chi connectivity index (χ3v) is 3.13. The zero-order chi connectivity index (χ0) is 10.4. The van der Waals surface area contributed by atoms with Crippen molar-refractivity contribution in [1.82, 2.24) is 9.80 Å². The first-order chi connectivity index (χ1) is 6.88. The highest BCUT2D eigenvalue weighted by molar-refractivity contribution is 4.80. The highest BCUT2D eigenvalue weighted by Crippen LogP contribution is 2.29. The second kappa shape index (κ2) is 6.41. The van der Waals surface area contributed by atoms with Crippen LogP contribution in [0.1, 0.15) is 33.6 Å². The van der Waals surface area contributed by atoms with Crippen molar-refractivity contribution in [2.24, 2.45) is 5.92 Å². The van der Waals surface area contributed by atoms with Gasteiger partial charge in [-0.05, 0) is 25.3 Å². The Morgan fingerprint density at radius 3 is 1.86 bits per heavy atom. The quantitative estimate of drug-likeness (QED) is 0.685. The van der Waals surface area contributed by atoms with Gasteiger partial charge in [-0.25, -0.2) is 0 Å². The zero-order valence-corrected chi connectivity index (χ0v) is 10.1. The van der Waals surface area contributed by atoms with Crippen molar-refractivity contribution in [3.8, 4) is 0 Å². The molecule has 0 amide bonds. The summed E-state index contributed by atoms with van der Waals surface area (Å²) >= 11 is 0. The van der Waals surface area contributed by atoms with Crippen LogP contribution in [0.15, 0.2) is 0 Å². The predicted octanol–water partition coefficient (Wildman–Crippen LogP) is 2.06. The average molecular weight is 198 g/mol. The van der Waals surface area contributed by atoms with Crippen molar-refractivity contribution >= 4 is 0 Å². The zero-order valence-electron chi connectivity index (χ0n) is 10.1. The Morgan fingerprint density at radius 1 is 0.929 bits per heavy atom. The van der Waals surface area contributed by atoms with E-state index in [9.17, 15) is 0 Å². The largest absolute Gasteiger partial charge is 0.301 e. The van der Waals surface area contributed by atoms with E-state index in [-0.39, 0.29) is 0 Å². The molecule has 0 radical (unpaired) electrons. The fourth-order valence-electron chi connectivity index (χ4n) is 1.95. The van der Waals surface area contributed by atoms with E-state index >= 15 is 0 Å². The molecule has 2 fully saturated rings. The van der Waals surface area contributed by atoms with Crippen LogP contribution in [0.2, 0.25) is 0 Å². The van der Waals surface area contributed by atoms with Gasteiger partial charge in [0.2, 0.25) is 0 Å². The van der Waals surface area contributed by atoms with Gasteiger partial charge in [0.15, 0.2) is 0 Å². The van der Waals surface area contributed by atoms with Gasteiger partial charge in [-0.3, -0.25) is 0 Å². The van der Waals surface area contributed by atoms with E-state index in [1.807, 2.05) is 13.8 Å². The van der Waals surface area contributed by atoms with Gasteiger partial charge in [0.05, 0.1) is 0 Å². The lowest BCUT2D eigenvalue weighted by molar-refractivity contribution is 0.133. The molecule has 0 unspecified atom stereocenters. The molecule has 0 aromatic rings. The van der Waals surface area contributed by atoms with Gasteiger partial charge >= 0.3 is 0 Å². The lowest BCUT2D eigenvalue weighted by atomic mass is 10.3. The molecule has 0 bridgehead atoms. The van der Waals surface area contributed by atoms with E-state index in [4.69, 9.17) is 0 Å². The first-order valence-corrected chi connectivity index (χ1v) is 6.33. The summed E-state index contributed by atoms with van der Waals surface area (Å²) < 4.78 is 0. The molecule has 1 aliphatic heterocycles. The number of rotatable bonds is 3. The Bertz CT molecular complexity index is 135. The Hall–Kier alpha value is -0.0800. The van der Waals surface area contributed by atoms with Crippen LogP contribution >= 0.6 is 0 Å². The van der Waals surface area contributed by atoms with E-state index in [0.717, 1.165) is 5.92 Å². The Balaban J connectivity index is 0.000000461. The predicted molar refractivity (Wildman–Crippen MR) is 62.6 cm³/mol. The molecule has 2 aliphatic rings. The second-order valence-electron chi connectivity index (χ2n) is 4.18. The minimum atomic E-state index is 1.07. The van der Waals surface area contributed by atoms with E-state index in [0.29, 0.717) is 0 Å². The molecule has 0 N–H and O–H groups in total. The molecule has 1 heterocycles. The van der Waals surface area contributed by atoms with Gasteiger partial charge < -0.3 is 9.80 Å². The molecule has 1 aliphatic carbocycles. The minimum absolute atomic E-state index is 1.07. The van der Waals surface area contributed by atoms with Crippen molar-refractivity contribution in [3.05, 3.63) is 0 Å². The normalized spacial score (nSPS) is 24.2. The van der Waals surface area contributed by atoms with Crippen LogP contribution in [-0.4, -0.2) is 49.1 Å². The van der Waals surface area contributed by atoms with Crippen LogP contribution in [0.4, 0.5) is 0 Å². The number of hydrogen-bond donors (Lipinski definition) is 0. The van der Waals surface area contributed by atoms with E-state index in [1.165, 1.54) is 52.1 Å². The third-order valence-electron chi connectivity index (χ3n) is 3.13. The van der Waals surface area contributed by atoms with Crippen LogP contribution in [-0.2, 0) is 0 Å². The molecule has 1 saturated carbocycles. The van der Waals surface area contributed by atoms with Crippen molar-refractivity contribution in [1.29, 1.82) is 0 Å². The summed E-state index contributed by atoms with van der Waals surface area (Å²) in [7, 11) is 0. The molecule has 84 valence electrons. The molecule has 2 heteroatoms. The molecule has 0 aromatic carbocycles. The highest BCUT2D eigenvalue weighted by Gasteiger charge is 2.25. The SMILES string of the molecule is CC.CCN1CCN(CC2CC2)CC1. The van der Waals surface area contributed by atoms with Crippen molar-refractivity contribution < 1.29 is 0 Å². The summed E-state index contributed by atoms with van der Waals surface area (Å²) in [5.74, 6) is 1.07. The van der Waals surface area contributed by atoms with Gasteiger partial charge in [-0.15, -0.1) is 0 Å². The summed E-state index contributed by atoms with van der Waals surface area (Å²) in [5, 5.41) is 0. The van der Waals surface area contributed by atoms with Gasteiger partial charge in [-0.2, -0.15) is 0 Å². The van der Waals surface area contributed by atoms with Gasteiger partial charge in [0.25, 0.3) is 0 Å². The van der Waals surface area contributed by atoms with E-state index < -0.39 is 0 Å². The maximum absolute atomic E-state index is 2.64. The lowest BCUT2D eigenvalue weighted by Crippen LogP contribution is -2.46. The fraction of sp³-hybridized carbons (Fsp3) is 1.00. The van der Waals surface area contributed by atoms with Crippen molar-refractivity contribution in [2.45, 2.75) is 33.6 Å². The van der Waals surface area contributed by atoms with Crippen LogP contribution in [0.3, 0.4) is 0 Å². The Morgan fingerprint density at radius 2 is 1.43 bits per heavy atom. The maximum Gasteiger partial charge on any atom is 0.0110 e. The molecule has 2 nitrogen and oxygen atoms in total. The molecular weight excluding hydrogens is 172 g/mol. The summed E-state index contributed by atoms with van der Waals surface area (Å²) in [6.45, 7) is 14.1. The van der Waals surface area contributed by atoms with Gasteiger partial charge in [0.1, 0.15) is 0 Å². The highest BCUT2D eigenvalue weighted by atomic mass is 15.3. The average Bonchev–Trinajstić information content (AvgIpc) is 3.06. The standard InChI is InChI=1S/C10H20N2.C2H6/c1-2-11-5-7-12(8-6-11)9-10-3-4-10;1-2/h10H,2-9H2,1H3;1-2H3. The number of hydrogen-bond acceptors (Lipinski definition) is 2. The third kappa shape index (κ3) is 3.97. The molecule has 14 heavy (non-hydrogen) atoms. The topological polar surface area (TPSA) is 6.48 Å². The van der Waals surface area contributed by atoms with Crippen LogP contribution in [0.25, 0.3) is 0 Å². The maximum atomic E-state index is 2.64. The number of nitrogens with zero attached hydrogens (tertiary/aromatic N) is 2. The first kappa shape index (κ1) is 12.0. The van der Waals surface area contributed by atoms with Gasteiger partial charge in [0, 0.05) is 32.7 Å². The molecule has 0 atom stereocenters. The summed E-state index contributed by atoms with van der Waals surface area (Å²) in [6, 6.07) is 0. The molecule has 0 aromatic heterocycles. The van der Waals surface area contributed by atoms with E-state index in [2.05, 4.69) is 16.7 Å². The lowest BCUT2D eigenvalue weighted by Gasteiger charge is -2.33. The Kier molecular flexibility index (Phi) is 5.49. The van der Waals surface area contributed by atoms with Crippen molar-refractivity contribution in [2.75, 3.05) is 39.3 Å². The Labute approximate surface area is 89.3 Å². The van der Waals surface area contributed by atoms with E-state index in [1.54, 1.807) is 0 Å². The molecule has 0 spiro atoms. The molecule has 1 saturated heterocycles. The summed E-state index contributed by atoms with van der Waals surface area (Å²) in [5.41, 5.74) is 0. The minimum Gasteiger partial charge on any atom is -0.301 e. The molecular formula is C12H26N2. The van der Waals surface area contributed by atoms with Crippen molar-refractivity contribution in [3.63, 3.8) is 0 Å². The van der Waals surface area contributed by atoms with Gasteiger partial charge in [-0.1, -0.05) is 20.8 Å². The summed E-state index contributed by atoms with van der Waals surface area (Å²) in [4.78, 5) is 5.19. The molecule has 2 rings (SSSR count). The van der Waals surface area contributed by atoms with Crippen LogP contribution < -0.4 is 0 Å². The van der Waals surface area contributed by atoms with Crippen LogP contribution in [0, 0.1) is 5.92 Å². The summed E-state index contributed by atoms with van der Waals surface area (Å²) in [6.07, 6.45) is 2.99. The monoisotopic (exact) mass is 198 g/mol. The number of piperazine rings is 1. The van der Waals surface area contributed by atoms with Crippen LogP contribution in [0.5, 0.6) is 0 Å². The first-order valence-electron chi connectivity index (χ1n) is 6.33. The smallest absolute Gasteiger partial charge is 0.0110 e. The number of likely N-dealkylation sites (N-methyl/N-ethyl adjacent to an activating group) is 1. The second-order valence-corrected chi connectivity index (χ2v) is 4.18. The fourth-order valence-corrected chi connectivity index (χ4v) is 1.95.